The molecule has 19 heavy (non-hydrogen) atoms. The van der Waals surface area contributed by atoms with E-state index in [1.165, 1.54) is 22.3 Å². The minimum Gasteiger partial charge on any atom is -0.395 e. The second-order valence-electron chi connectivity index (χ2n) is 5.72. The Morgan fingerprint density at radius 2 is 1.89 bits per heavy atom. The number of aliphatic hydroxyl groups excluding tert-OH is 1. The lowest BCUT2D eigenvalue weighted by Crippen LogP contribution is -2.46. The molecule has 0 saturated carbocycles. The van der Waals surface area contributed by atoms with Gasteiger partial charge in [0.05, 0.1) is 6.61 Å². The van der Waals surface area contributed by atoms with E-state index in [1.54, 1.807) is 0 Å². The molecule has 0 amide bonds. The molecule has 1 aromatic carbocycles. The Balaban J connectivity index is 0.000000637. The van der Waals surface area contributed by atoms with Gasteiger partial charge in [0.2, 0.25) is 0 Å². The molecule has 1 aliphatic carbocycles. The summed E-state index contributed by atoms with van der Waals surface area (Å²) in [6.45, 7) is 14.1. The summed E-state index contributed by atoms with van der Waals surface area (Å²) in [6, 6.07) is 4.64. The number of aliphatic hydroxyl groups is 1. The Morgan fingerprint density at radius 3 is 2.47 bits per heavy atom. The zero-order chi connectivity index (χ0) is 14.2. The zero-order valence-corrected chi connectivity index (χ0v) is 13.0. The summed E-state index contributed by atoms with van der Waals surface area (Å²) in [5, 5.41) is 9.84. The normalized spacial score (nSPS) is 28.0. The number of rotatable bonds is 2. The average molecular weight is 261 g/mol. The van der Waals surface area contributed by atoms with Gasteiger partial charge in [0.25, 0.3) is 0 Å². The van der Waals surface area contributed by atoms with Gasteiger partial charge in [-0.3, -0.25) is 0 Å². The molecule has 2 nitrogen and oxygen atoms in total. The van der Waals surface area contributed by atoms with Crippen molar-refractivity contribution in [1.82, 2.24) is 4.90 Å². The van der Waals surface area contributed by atoms with Crippen LogP contribution in [0.15, 0.2) is 12.1 Å². The van der Waals surface area contributed by atoms with Crippen molar-refractivity contribution in [3.63, 3.8) is 0 Å². The van der Waals surface area contributed by atoms with E-state index in [4.69, 9.17) is 0 Å². The molecule has 2 heteroatoms. The maximum Gasteiger partial charge on any atom is 0.0546 e. The standard InChI is InChI=1S/C15H21NO.C2H6/c1-4-16-7-14-12-5-10(2)11(3)6-13(12)15(14,8-16)9-17;1-2/h5-6,14,17H,4,7-9H2,1-3H3;1-2H3. The Labute approximate surface area is 117 Å². The van der Waals surface area contributed by atoms with E-state index in [2.05, 4.69) is 37.8 Å². The third-order valence-corrected chi connectivity index (χ3v) is 4.92. The smallest absolute Gasteiger partial charge is 0.0546 e. The van der Waals surface area contributed by atoms with Crippen LogP contribution in [-0.2, 0) is 5.41 Å². The van der Waals surface area contributed by atoms with E-state index >= 15 is 0 Å². The summed E-state index contributed by atoms with van der Waals surface area (Å²) in [7, 11) is 0. The van der Waals surface area contributed by atoms with Crippen LogP contribution in [0, 0.1) is 13.8 Å². The van der Waals surface area contributed by atoms with E-state index in [0.29, 0.717) is 12.5 Å². The first-order valence-corrected chi connectivity index (χ1v) is 7.57. The van der Waals surface area contributed by atoms with Crippen LogP contribution >= 0.6 is 0 Å². The van der Waals surface area contributed by atoms with E-state index in [1.807, 2.05) is 13.8 Å². The molecule has 106 valence electrons. The molecule has 1 N–H and O–H groups in total. The fourth-order valence-electron chi connectivity index (χ4n) is 3.64. The molecule has 0 spiro atoms. The van der Waals surface area contributed by atoms with Crippen LogP contribution in [-0.4, -0.2) is 36.2 Å². The van der Waals surface area contributed by atoms with Crippen LogP contribution in [0.5, 0.6) is 0 Å². The van der Waals surface area contributed by atoms with Crippen LogP contribution in [0.2, 0.25) is 0 Å². The summed E-state index contributed by atoms with van der Waals surface area (Å²) in [4.78, 5) is 2.46. The van der Waals surface area contributed by atoms with Crippen molar-refractivity contribution in [2.45, 2.75) is 46.0 Å². The molecular weight excluding hydrogens is 234 g/mol. The van der Waals surface area contributed by atoms with E-state index in [9.17, 15) is 5.11 Å². The summed E-state index contributed by atoms with van der Waals surface area (Å²) >= 11 is 0. The van der Waals surface area contributed by atoms with E-state index < -0.39 is 0 Å². The molecule has 1 aromatic rings. The van der Waals surface area contributed by atoms with Crippen molar-refractivity contribution in [1.29, 1.82) is 0 Å². The van der Waals surface area contributed by atoms with Crippen molar-refractivity contribution < 1.29 is 5.11 Å². The van der Waals surface area contributed by atoms with Gasteiger partial charge in [-0.2, -0.15) is 0 Å². The van der Waals surface area contributed by atoms with E-state index in [0.717, 1.165) is 19.6 Å². The van der Waals surface area contributed by atoms with Gasteiger partial charge in [-0.05, 0) is 42.6 Å². The fraction of sp³-hybridized carbons (Fsp3) is 0.647. The highest BCUT2D eigenvalue weighted by atomic mass is 16.3. The number of nitrogens with zero attached hydrogens (tertiary/aromatic N) is 1. The highest BCUT2D eigenvalue weighted by molar-refractivity contribution is 5.56. The zero-order valence-electron chi connectivity index (χ0n) is 13.0. The first-order valence-electron chi connectivity index (χ1n) is 7.57. The summed E-state index contributed by atoms with van der Waals surface area (Å²) in [5.41, 5.74) is 5.67. The largest absolute Gasteiger partial charge is 0.395 e. The number of hydrogen-bond donors (Lipinski definition) is 1. The average Bonchev–Trinajstić information content (AvgIpc) is 2.78. The molecule has 1 fully saturated rings. The summed E-state index contributed by atoms with van der Waals surface area (Å²) < 4.78 is 0. The molecule has 1 saturated heterocycles. The molecule has 1 aliphatic heterocycles. The van der Waals surface area contributed by atoms with E-state index in [-0.39, 0.29) is 5.41 Å². The predicted molar refractivity (Wildman–Crippen MR) is 80.9 cm³/mol. The number of aryl methyl sites for hydroxylation is 2. The molecule has 2 unspecified atom stereocenters. The number of fused-ring (bicyclic) bond motifs is 4. The molecule has 2 atom stereocenters. The number of likely N-dealkylation sites (tertiary alicyclic amines) is 1. The van der Waals surface area contributed by atoms with Gasteiger partial charge in [-0.15, -0.1) is 0 Å². The van der Waals surface area contributed by atoms with Crippen molar-refractivity contribution in [3.8, 4) is 0 Å². The molecule has 0 bridgehead atoms. The predicted octanol–water partition coefficient (Wildman–Crippen LogP) is 2.99. The summed E-state index contributed by atoms with van der Waals surface area (Å²) in [5.74, 6) is 0.557. The Bertz CT molecular complexity index is 469. The monoisotopic (exact) mass is 261 g/mol. The van der Waals surface area contributed by atoms with Crippen LogP contribution in [0.4, 0.5) is 0 Å². The van der Waals surface area contributed by atoms with Crippen LogP contribution < -0.4 is 0 Å². The first-order chi connectivity index (χ1) is 9.12. The molecular formula is C17H27NO. The number of hydrogen-bond acceptors (Lipinski definition) is 2. The van der Waals surface area contributed by atoms with Gasteiger partial charge in [0.15, 0.2) is 0 Å². The van der Waals surface area contributed by atoms with Crippen LogP contribution in [0.3, 0.4) is 0 Å². The maximum atomic E-state index is 9.84. The Kier molecular flexibility index (Phi) is 4.03. The fourth-order valence-corrected chi connectivity index (χ4v) is 3.64. The third kappa shape index (κ3) is 1.93. The van der Waals surface area contributed by atoms with Gasteiger partial charge in [-0.25, -0.2) is 0 Å². The lowest BCUT2D eigenvalue weighted by molar-refractivity contribution is 0.163. The molecule has 2 aliphatic rings. The Hall–Kier alpha value is -0.860. The van der Waals surface area contributed by atoms with Gasteiger partial charge < -0.3 is 10.0 Å². The van der Waals surface area contributed by atoms with Gasteiger partial charge >= 0.3 is 0 Å². The number of likely N-dealkylation sites (N-methyl/N-ethyl adjacent to an activating group) is 1. The van der Waals surface area contributed by atoms with Crippen molar-refractivity contribution in [3.05, 3.63) is 34.4 Å². The van der Waals surface area contributed by atoms with Crippen molar-refractivity contribution in [2.75, 3.05) is 26.2 Å². The third-order valence-electron chi connectivity index (χ3n) is 4.92. The van der Waals surface area contributed by atoms with Crippen LogP contribution in [0.1, 0.15) is 48.9 Å². The van der Waals surface area contributed by atoms with Crippen molar-refractivity contribution in [2.24, 2.45) is 0 Å². The summed E-state index contributed by atoms with van der Waals surface area (Å²) in [6.07, 6.45) is 0. The highest BCUT2D eigenvalue weighted by Crippen LogP contribution is 2.56. The van der Waals surface area contributed by atoms with Crippen LogP contribution in [0.25, 0.3) is 0 Å². The second-order valence-corrected chi connectivity index (χ2v) is 5.72. The number of benzene rings is 1. The van der Waals surface area contributed by atoms with Gasteiger partial charge in [0.1, 0.15) is 0 Å². The minimum absolute atomic E-state index is 0.0454. The SMILES string of the molecule is CC.CCN1CC2c3cc(C)c(C)cc3C2(CO)C1. The molecule has 3 rings (SSSR count). The lowest BCUT2D eigenvalue weighted by atomic mass is 9.57. The molecule has 1 heterocycles. The van der Waals surface area contributed by atoms with Crippen molar-refractivity contribution >= 4 is 0 Å². The van der Waals surface area contributed by atoms with Gasteiger partial charge in [0, 0.05) is 24.4 Å². The minimum atomic E-state index is 0.0454. The second kappa shape index (κ2) is 5.26. The lowest BCUT2D eigenvalue weighted by Gasteiger charge is -2.46. The highest BCUT2D eigenvalue weighted by Gasteiger charge is 2.56. The quantitative estimate of drug-likeness (QED) is 0.884. The molecule has 0 radical (unpaired) electrons. The Morgan fingerprint density at radius 1 is 1.26 bits per heavy atom. The molecule has 0 aromatic heterocycles. The maximum absolute atomic E-state index is 9.84. The first kappa shape index (κ1) is 14.5. The van der Waals surface area contributed by atoms with Gasteiger partial charge in [-0.1, -0.05) is 32.9 Å². The topological polar surface area (TPSA) is 23.5 Å².